The van der Waals surface area contributed by atoms with Gasteiger partial charge in [0.25, 0.3) is 0 Å². The average molecular weight is 257 g/mol. The van der Waals surface area contributed by atoms with Crippen molar-refractivity contribution in [2.45, 2.75) is 51.6 Å². The van der Waals surface area contributed by atoms with E-state index in [-0.39, 0.29) is 6.04 Å². The highest BCUT2D eigenvalue weighted by atomic mass is 15.1. The summed E-state index contributed by atoms with van der Waals surface area (Å²) in [5.74, 6) is 1.86. The van der Waals surface area contributed by atoms with Crippen molar-refractivity contribution in [2.24, 2.45) is 11.7 Å². The number of hydrogen-bond donors (Lipinski definition) is 1. The van der Waals surface area contributed by atoms with Crippen LogP contribution in [-0.2, 0) is 13.0 Å². The van der Waals surface area contributed by atoms with E-state index in [0.29, 0.717) is 5.92 Å². The summed E-state index contributed by atoms with van der Waals surface area (Å²) in [5.41, 5.74) is 8.76. The highest BCUT2D eigenvalue weighted by molar-refractivity contribution is 5.75. The minimum absolute atomic E-state index is 0.269. The molecule has 0 radical (unpaired) electrons. The van der Waals surface area contributed by atoms with Gasteiger partial charge < -0.3 is 10.3 Å². The molecule has 0 saturated heterocycles. The maximum absolute atomic E-state index is 6.44. The molecular weight excluding hydrogens is 234 g/mol. The van der Waals surface area contributed by atoms with Crippen LogP contribution >= 0.6 is 0 Å². The van der Waals surface area contributed by atoms with E-state index in [0.717, 1.165) is 24.3 Å². The van der Waals surface area contributed by atoms with Gasteiger partial charge in [-0.1, -0.05) is 31.9 Å². The lowest BCUT2D eigenvalue weighted by Crippen LogP contribution is -2.33. The number of aromatic nitrogens is 2. The molecule has 0 bridgehead atoms. The Balaban J connectivity index is 1.90. The third-order valence-corrected chi connectivity index (χ3v) is 4.45. The van der Waals surface area contributed by atoms with Crippen LogP contribution in [0.5, 0.6) is 0 Å². The van der Waals surface area contributed by atoms with E-state index in [4.69, 9.17) is 10.7 Å². The van der Waals surface area contributed by atoms with Gasteiger partial charge in [0.2, 0.25) is 0 Å². The Hall–Kier alpha value is -1.35. The smallest absolute Gasteiger partial charge is 0.109 e. The summed E-state index contributed by atoms with van der Waals surface area (Å²) in [7, 11) is 0. The highest BCUT2D eigenvalue weighted by Gasteiger charge is 2.23. The topological polar surface area (TPSA) is 43.8 Å². The molecule has 2 aromatic rings. The van der Waals surface area contributed by atoms with Crippen LogP contribution in [0.15, 0.2) is 24.3 Å². The lowest BCUT2D eigenvalue weighted by molar-refractivity contribution is 0.387. The molecule has 2 N–H and O–H groups in total. The largest absolute Gasteiger partial charge is 0.326 e. The van der Waals surface area contributed by atoms with Crippen LogP contribution in [0.3, 0.4) is 0 Å². The van der Waals surface area contributed by atoms with E-state index in [2.05, 4.69) is 35.8 Å². The van der Waals surface area contributed by atoms with Gasteiger partial charge in [-0.3, -0.25) is 0 Å². The minimum atomic E-state index is 0.269. The highest BCUT2D eigenvalue weighted by Crippen LogP contribution is 2.28. The number of fused-ring (bicyclic) bond motifs is 1. The van der Waals surface area contributed by atoms with E-state index < -0.39 is 0 Å². The van der Waals surface area contributed by atoms with Crippen molar-refractivity contribution in [1.29, 1.82) is 0 Å². The first kappa shape index (κ1) is 12.7. The van der Waals surface area contributed by atoms with Crippen LogP contribution in [0, 0.1) is 5.92 Å². The molecule has 1 aliphatic carbocycles. The van der Waals surface area contributed by atoms with E-state index in [9.17, 15) is 0 Å². The Bertz CT molecular complexity index is 552. The zero-order chi connectivity index (χ0) is 13.2. The fourth-order valence-corrected chi connectivity index (χ4v) is 3.34. The number of hydrogen-bond acceptors (Lipinski definition) is 2. The normalized spacial score (nSPS) is 18.2. The number of aryl methyl sites for hydroxylation is 1. The summed E-state index contributed by atoms with van der Waals surface area (Å²) in [5, 5.41) is 0. The van der Waals surface area contributed by atoms with Gasteiger partial charge in [-0.05, 0) is 30.9 Å². The second kappa shape index (κ2) is 5.33. The Kier molecular flexibility index (Phi) is 3.56. The molecule has 0 spiro atoms. The maximum atomic E-state index is 6.44. The lowest BCUT2D eigenvalue weighted by atomic mass is 9.99. The van der Waals surface area contributed by atoms with Gasteiger partial charge in [0, 0.05) is 19.0 Å². The standard InChI is InChI=1S/C16H23N3/c1-2-16-18-14-9-5-6-10-15(14)19(16)11-13(17)12-7-3-4-8-12/h5-6,9-10,12-13H,2-4,7-8,11,17H2,1H3. The first-order valence-corrected chi connectivity index (χ1v) is 7.49. The summed E-state index contributed by atoms with van der Waals surface area (Å²) in [6.45, 7) is 3.08. The number of nitrogens with zero attached hydrogens (tertiary/aromatic N) is 2. The molecule has 0 amide bonds. The zero-order valence-electron chi connectivity index (χ0n) is 11.7. The molecule has 3 rings (SSSR count). The molecule has 1 aromatic heterocycles. The second-order valence-electron chi connectivity index (χ2n) is 5.69. The summed E-state index contributed by atoms with van der Waals surface area (Å²) in [4.78, 5) is 4.72. The molecule has 19 heavy (non-hydrogen) atoms. The summed E-state index contributed by atoms with van der Waals surface area (Å²) in [6, 6.07) is 8.65. The van der Waals surface area contributed by atoms with E-state index in [1.165, 1.54) is 31.2 Å². The monoisotopic (exact) mass is 257 g/mol. The van der Waals surface area contributed by atoms with Crippen molar-refractivity contribution in [3.8, 4) is 0 Å². The predicted molar refractivity (Wildman–Crippen MR) is 79.0 cm³/mol. The quantitative estimate of drug-likeness (QED) is 0.914. The molecule has 1 fully saturated rings. The molecule has 1 aromatic carbocycles. The Morgan fingerprint density at radius 1 is 1.32 bits per heavy atom. The van der Waals surface area contributed by atoms with Crippen LogP contribution in [0.2, 0.25) is 0 Å². The zero-order valence-corrected chi connectivity index (χ0v) is 11.7. The van der Waals surface area contributed by atoms with E-state index >= 15 is 0 Å². The van der Waals surface area contributed by atoms with Gasteiger partial charge in [0.1, 0.15) is 5.82 Å². The summed E-state index contributed by atoms with van der Waals surface area (Å²) >= 11 is 0. The lowest BCUT2D eigenvalue weighted by Gasteiger charge is -2.20. The van der Waals surface area contributed by atoms with Crippen LogP contribution < -0.4 is 5.73 Å². The SMILES string of the molecule is CCc1nc2ccccc2n1CC(N)C1CCCC1. The van der Waals surface area contributed by atoms with Crippen LogP contribution in [0.25, 0.3) is 11.0 Å². The Morgan fingerprint density at radius 2 is 2.05 bits per heavy atom. The van der Waals surface area contributed by atoms with Crippen molar-refractivity contribution >= 4 is 11.0 Å². The number of para-hydroxylation sites is 2. The summed E-state index contributed by atoms with van der Waals surface area (Å²) < 4.78 is 2.33. The molecule has 0 aliphatic heterocycles. The first-order valence-electron chi connectivity index (χ1n) is 7.49. The first-order chi connectivity index (χ1) is 9.29. The van der Waals surface area contributed by atoms with Gasteiger partial charge in [-0.15, -0.1) is 0 Å². The molecule has 1 heterocycles. The van der Waals surface area contributed by atoms with Gasteiger partial charge in [0.05, 0.1) is 11.0 Å². The molecule has 1 aliphatic rings. The number of benzene rings is 1. The predicted octanol–water partition coefficient (Wildman–Crippen LogP) is 3.12. The van der Waals surface area contributed by atoms with Crippen molar-refractivity contribution < 1.29 is 0 Å². The van der Waals surface area contributed by atoms with Crippen molar-refractivity contribution in [3.63, 3.8) is 0 Å². The molecule has 3 nitrogen and oxygen atoms in total. The molecule has 1 unspecified atom stereocenters. The van der Waals surface area contributed by atoms with Crippen LogP contribution in [0.1, 0.15) is 38.4 Å². The second-order valence-corrected chi connectivity index (χ2v) is 5.69. The third kappa shape index (κ3) is 2.39. The maximum Gasteiger partial charge on any atom is 0.109 e. The van der Waals surface area contributed by atoms with E-state index in [1.807, 2.05) is 0 Å². The van der Waals surface area contributed by atoms with Crippen molar-refractivity contribution in [1.82, 2.24) is 9.55 Å². The van der Waals surface area contributed by atoms with Gasteiger partial charge in [-0.2, -0.15) is 0 Å². The fourth-order valence-electron chi connectivity index (χ4n) is 3.34. The van der Waals surface area contributed by atoms with Crippen LogP contribution in [0.4, 0.5) is 0 Å². The number of imidazole rings is 1. The molecule has 1 atom stereocenters. The van der Waals surface area contributed by atoms with Gasteiger partial charge in [0.15, 0.2) is 0 Å². The van der Waals surface area contributed by atoms with Crippen LogP contribution in [-0.4, -0.2) is 15.6 Å². The van der Waals surface area contributed by atoms with Gasteiger partial charge in [-0.25, -0.2) is 4.98 Å². The minimum Gasteiger partial charge on any atom is -0.326 e. The van der Waals surface area contributed by atoms with Crippen molar-refractivity contribution in [3.05, 3.63) is 30.1 Å². The molecule has 3 heteroatoms. The third-order valence-electron chi connectivity index (χ3n) is 4.45. The number of rotatable bonds is 4. The van der Waals surface area contributed by atoms with E-state index in [1.54, 1.807) is 0 Å². The Labute approximate surface area is 114 Å². The Morgan fingerprint density at radius 3 is 2.79 bits per heavy atom. The molecular formula is C16H23N3. The summed E-state index contributed by atoms with van der Waals surface area (Å²) in [6.07, 6.45) is 6.27. The average Bonchev–Trinajstić information content (AvgIpc) is 3.06. The molecule has 102 valence electrons. The van der Waals surface area contributed by atoms with Gasteiger partial charge >= 0.3 is 0 Å². The fraction of sp³-hybridized carbons (Fsp3) is 0.562. The molecule has 1 saturated carbocycles. The number of nitrogens with two attached hydrogens (primary N) is 1. The van der Waals surface area contributed by atoms with Crippen molar-refractivity contribution in [2.75, 3.05) is 0 Å².